The number of aromatic nitrogens is 1. The lowest BCUT2D eigenvalue weighted by Gasteiger charge is -2.19. The van der Waals surface area contributed by atoms with Crippen LogP contribution < -0.4 is 10.3 Å². The third-order valence-electron chi connectivity index (χ3n) is 3.58. The van der Waals surface area contributed by atoms with Gasteiger partial charge in [0.25, 0.3) is 5.56 Å². The molecule has 1 aromatic heterocycles. The zero-order chi connectivity index (χ0) is 12.7. The van der Waals surface area contributed by atoms with Gasteiger partial charge in [0.2, 0.25) is 0 Å². The molecule has 0 unspecified atom stereocenters. The van der Waals surface area contributed by atoms with Crippen molar-refractivity contribution in [3.05, 3.63) is 39.2 Å². The number of benzene rings is 1. The smallest absolute Gasteiger partial charge is 0.291 e. The van der Waals surface area contributed by atoms with E-state index in [0.717, 1.165) is 40.2 Å². The summed E-state index contributed by atoms with van der Waals surface area (Å²) >= 11 is 3.47. The summed E-state index contributed by atoms with van der Waals surface area (Å²) in [6, 6.07) is 4.20. The summed E-state index contributed by atoms with van der Waals surface area (Å²) in [5.41, 5.74) is 4.24. The van der Waals surface area contributed by atoms with Crippen LogP contribution in [0.2, 0.25) is 0 Å². The molecule has 0 fully saturated rings. The second-order valence-electron chi connectivity index (χ2n) is 4.62. The molecule has 3 nitrogen and oxygen atoms in total. The number of halogens is 1. The summed E-state index contributed by atoms with van der Waals surface area (Å²) in [7, 11) is 0. The average Bonchev–Trinajstić information content (AvgIpc) is 2.41. The molecule has 1 aliphatic heterocycles. The van der Waals surface area contributed by atoms with Gasteiger partial charge in [0, 0.05) is 16.3 Å². The van der Waals surface area contributed by atoms with E-state index in [-0.39, 0.29) is 5.56 Å². The van der Waals surface area contributed by atoms with E-state index in [1.807, 2.05) is 6.92 Å². The number of aryl methyl sites for hydroxylation is 2. The quantitative estimate of drug-likeness (QED) is 0.823. The lowest BCUT2D eigenvalue weighted by atomic mass is 9.98. The van der Waals surface area contributed by atoms with Crippen LogP contribution in [0.4, 0.5) is 0 Å². The molecule has 18 heavy (non-hydrogen) atoms. The summed E-state index contributed by atoms with van der Waals surface area (Å²) in [6.07, 6.45) is 1.90. The number of aromatic amines is 1. The van der Waals surface area contributed by atoms with Crippen molar-refractivity contribution in [2.24, 2.45) is 0 Å². The Balaban J connectivity index is 2.40. The van der Waals surface area contributed by atoms with Crippen LogP contribution in [-0.4, -0.2) is 11.6 Å². The van der Waals surface area contributed by atoms with Gasteiger partial charge < -0.3 is 9.72 Å². The number of rotatable bonds is 1. The van der Waals surface area contributed by atoms with Gasteiger partial charge in [-0.15, -0.1) is 0 Å². The first kappa shape index (κ1) is 11.8. The molecule has 0 atom stereocenters. The Morgan fingerprint density at radius 1 is 1.44 bits per heavy atom. The molecule has 0 aliphatic carbocycles. The Morgan fingerprint density at radius 2 is 2.28 bits per heavy atom. The highest BCUT2D eigenvalue weighted by Gasteiger charge is 2.18. The van der Waals surface area contributed by atoms with Crippen LogP contribution >= 0.6 is 15.9 Å². The molecule has 0 spiro atoms. The largest absolute Gasteiger partial charge is 0.488 e. The molecule has 1 aliphatic rings. The molecular formula is C14H14BrNO2. The van der Waals surface area contributed by atoms with E-state index in [2.05, 4.69) is 33.0 Å². The molecule has 94 valence electrons. The van der Waals surface area contributed by atoms with Crippen LogP contribution in [0.25, 0.3) is 10.9 Å². The lowest BCUT2D eigenvalue weighted by molar-refractivity contribution is 0.285. The fourth-order valence-electron chi connectivity index (χ4n) is 2.57. The predicted molar refractivity (Wildman–Crippen MR) is 75.8 cm³/mol. The van der Waals surface area contributed by atoms with E-state index in [0.29, 0.717) is 12.4 Å². The van der Waals surface area contributed by atoms with Gasteiger partial charge in [-0.3, -0.25) is 4.79 Å². The van der Waals surface area contributed by atoms with Gasteiger partial charge in [-0.1, -0.05) is 28.1 Å². The number of hydrogen-bond acceptors (Lipinski definition) is 2. The molecule has 4 heteroatoms. The Labute approximate surface area is 113 Å². The molecule has 1 N–H and O–H groups in total. The minimum Gasteiger partial charge on any atom is -0.488 e. The normalized spacial score (nSPS) is 14.3. The van der Waals surface area contributed by atoms with Crippen LogP contribution in [0, 0.1) is 6.92 Å². The van der Waals surface area contributed by atoms with E-state index < -0.39 is 0 Å². The van der Waals surface area contributed by atoms with Crippen molar-refractivity contribution in [1.82, 2.24) is 4.98 Å². The number of nitrogens with one attached hydrogen (secondary N) is 1. The van der Waals surface area contributed by atoms with Gasteiger partial charge in [-0.2, -0.15) is 0 Å². The molecule has 0 radical (unpaired) electrons. The van der Waals surface area contributed by atoms with E-state index in [1.165, 1.54) is 5.56 Å². The summed E-state index contributed by atoms with van der Waals surface area (Å²) in [5, 5.41) is 1.91. The van der Waals surface area contributed by atoms with Crippen LogP contribution in [0.5, 0.6) is 5.75 Å². The second kappa shape index (κ2) is 4.43. The monoisotopic (exact) mass is 307 g/mol. The SMILES string of the molecule is Cc1c(CBr)ccc2c3c(c(=O)[nH]c12)OCCC3. The van der Waals surface area contributed by atoms with Gasteiger partial charge in [0.1, 0.15) is 0 Å². The van der Waals surface area contributed by atoms with Crippen molar-refractivity contribution in [3.63, 3.8) is 0 Å². The Kier molecular flexibility index (Phi) is 2.90. The molecule has 3 rings (SSSR count). The highest BCUT2D eigenvalue weighted by molar-refractivity contribution is 9.08. The highest BCUT2D eigenvalue weighted by atomic mass is 79.9. The van der Waals surface area contributed by atoms with E-state index >= 15 is 0 Å². The zero-order valence-corrected chi connectivity index (χ0v) is 11.8. The van der Waals surface area contributed by atoms with Crippen LogP contribution in [-0.2, 0) is 11.8 Å². The van der Waals surface area contributed by atoms with Crippen LogP contribution in [0.1, 0.15) is 23.1 Å². The standard InChI is InChI=1S/C14H14BrNO2/c1-8-9(7-15)4-5-10-11-3-2-6-18-13(11)14(17)16-12(8)10/h4-5H,2-3,6-7H2,1H3,(H,16,17). The third-order valence-corrected chi connectivity index (χ3v) is 4.19. The summed E-state index contributed by atoms with van der Waals surface area (Å²) in [5.74, 6) is 0.514. The van der Waals surface area contributed by atoms with Crippen molar-refractivity contribution in [2.45, 2.75) is 25.1 Å². The maximum atomic E-state index is 12.0. The van der Waals surface area contributed by atoms with Crippen molar-refractivity contribution in [2.75, 3.05) is 6.61 Å². The number of pyridine rings is 1. The van der Waals surface area contributed by atoms with Gasteiger partial charge in [0.05, 0.1) is 12.1 Å². The number of alkyl halides is 1. The first-order valence-corrected chi connectivity index (χ1v) is 7.20. The third kappa shape index (κ3) is 1.67. The topological polar surface area (TPSA) is 42.1 Å². The van der Waals surface area contributed by atoms with E-state index in [1.54, 1.807) is 0 Å². The molecular weight excluding hydrogens is 294 g/mol. The van der Waals surface area contributed by atoms with E-state index in [9.17, 15) is 4.79 Å². The van der Waals surface area contributed by atoms with Gasteiger partial charge >= 0.3 is 0 Å². The van der Waals surface area contributed by atoms with Crippen molar-refractivity contribution >= 4 is 26.8 Å². The van der Waals surface area contributed by atoms with Crippen molar-refractivity contribution in [3.8, 4) is 5.75 Å². The minimum atomic E-state index is -0.105. The molecule has 0 amide bonds. The number of ether oxygens (including phenoxy) is 1. The molecule has 1 aromatic carbocycles. The molecule has 2 aromatic rings. The Bertz CT molecular complexity index is 676. The fourth-order valence-corrected chi connectivity index (χ4v) is 3.17. The second-order valence-corrected chi connectivity index (χ2v) is 5.18. The summed E-state index contributed by atoms with van der Waals surface area (Å²) < 4.78 is 5.51. The van der Waals surface area contributed by atoms with Crippen LogP contribution in [0.15, 0.2) is 16.9 Å². The predicted octanol–water partition coefficient (Wildman–Crippen LogP) is 3.06. The first-order chi connectivity index (χ1) is 8.72. The average molecular weight is 308 g/mol. The number of fused-ring (bicyclic) bond motifs is 3. The van der Waals surface area contributed by atoms with Gasteiger partial charge in [0.15, 0.2) is 5.75 Å². The first-order valence-electron chi connectivity index (χ1n) is 6.08. The summed E-state index contributed by atoms with van der Waals surface area (Å²) in [6.45, 7) is 2.69. The molecule has 0 bridgehead atoms. The zero-order valence-electron chi connectivity index (χ0n) is 10.2. The lowest BCUT2D eigenvalue weighted by Crippen LogP contribution is -2.19. The van der Waals surface area contributed by atoms with Crippen LogP contribution in [0.3, 0.4) is 0 Å². The maximum Gasteiger partial charge on any atom is 0.291 e. The number of hydrogen-bond donors (Lipinski definition) is 1. The van der Waals surface area contributed by atoms with Gasteiger partial charge in [-0.25, -0.2) is 0 Å². The maximum absolute atomic E-state index is 12.0. The van der Waals surface area contributed by atoms with E-state index in [4.69, 9.17) is 4.74 Å². The summed E-state index contributed by atoms with van der Waals surface area (Å²) in [4.78, 5) is 15.0. The van der Waals surface area contributed by atoms with Crippen molar-refractivity contribution < 1.29 is 4.74 Å². The molecule has 0 saturated carbocycles. The fraction of sp³-hybridized carbons (Fsp3) is 0.357. The number of H-pyrrole nitrogens is 1. The van der Waals surface area contributed by atoms with Gasteiger partial charge in [-0.05, 0) is 30.9 Å². The van der Waals surface area contributed by atoms with Crippen molar-refractivity contribution in [1.29, 1.82) is 0 Å². The minimum absolute atomic E-state index is 0.105. The Hall–Kier alpha value is -1.29. The molecule has 0 saturated heterocycles. The highest BCUT2D eigenvalue weighted by Crippen LogP contribution is 2.30. The Morgan fingerprint density at radius 3 is 3.06 bits per heavy atom. The molecule has 2 heterocycles.